The van der Waals surface area contributed by atoms with Crippen molar-refractivity contribution in [2.45, 2.75) is 6.54 Å². The zero-order chi connectivity index (χ0) is 14.1. The van der Waals surface area contributed by atoms with Gasteiger partial charge >= 0.3 is 5.97 Å². The first-order valence-corrected chi connectivity index (χ1v) is 6.78. The van der Waals surface area contributed by atoms with E-state index in [9.17, 15) is 9.90 Å². The standard InChI is InChI=1S/C14H14ClNO4/c15-11-3-1-2-9-10(8-16-4-6-19-7-5-16)13(14(17)18)20-12(9)11/h1-3H,4-8H2,(H,17,18). The maximum absolute atomic E-state index is 11.4. The molecule has 2 aromatic rings. The van der Waals surface area contributed by atoms with E-state index in [1.807, 2.05) is 6.07 Å². The number of carboxylic acid groups (broad SMARTS) is 1. The summed E-state index contributed by atoms with van der Waals surface area (Å²) >= 11 is 6.07. The van der Waals surface area contributed by atoms with Gasteiger partial charge in [-0.3, -0.25) is 4.90 Å². The fourth-order valence-electron chi connectivity index (χ4n) is 2.45. The monoisotopic (exact) mass is 295 g/mol. The average Bonchev–Trinajstić information content (AvgIpc) is 2.81. The Balaban J connectivity index is 2.04. The first-order valence-electron chi connectivity index (χ1n) is 6.40. The van der Waals surface area contributed by atoms with E-state index in [1.165, 1.54) is 0 Å². The fraction of sp³-hybridized carbons (Fsp3) is 0.357. The van der Waals surface area contributed by atoms with Crippen LogP contribution in [0.5, 0.6) is 0 Å². The Labute approximate surface area is 120 Å². The molecule has 1 aliphatic heterocycles. The molecule has 0 atom stereocenters. The molecule has 0 radical (unpaired) electrons. The summed E-state index contributed by atoms with van der Waals surface area (Å²) < 4.78 is 10.7. The lowest BCUT2D eigenvalue weighted by Gasteiger charge is -2.26. The maximum atomic E-state index is 11.4. The van der Waals surface area contributed by atoms with Crippen LogP contribution in [0.2, 0.25) is 5.02 Å². The normalized spacial score (nSPS) is 16.6. The molecule has 1 fully saturated rings. The van der Waals surface area contributed by atoms with Crippen molar-refractivity contribution in [2.24, 2.45) is 0 Å². The third-order valence-electron chi connectivity index (χ3n) is 3.45. The van der Waals surface area contributed by atoms with Gasteiger partial charge in [-0.05, 0) is 6.07 Å². The highest BCUT2D eigenvalue weighted by molar-refractivity contribution is 6.35. The Morgan fingerprint density at radius 2 is 2.10 bits per heavy atom. The first-order chi connectivity index (χ1) is 9.66. The van der Waals surface area contributed by atoms with Gasteiger partial charge in [-0.2, -0.15) is 0 Å². The lowest BCUT2D eigenvalue weighted by molar-refractivity contribution is 0.0339. The molecule has 0 bridgehead atoms. The predicted octanol–water partition coefficient (Wildman–Crippen LogP) is 2.62. The van der Waals surface area contributed by atoms with E-state index in [-0.39, 0.29) is 5.76 Å². The molecule has 1 aromatic heterocycles. The number of halogens is 1. The van der Waals surface area contributed by atoms with E-state index < -0.39 is 5.97 Å². The Kier molecular flexibility index (Phi) is 3.65. The molecule has 1 N–H and O–H groups in total. The molecule has 1 aromatic carbocycles. The number of para-hydroxylation sites is 1. The second kappa shape index (κ2) is 5.44. The van der Waals surface area contributed by atoms with Crippen LogP contribution in [-0.2, 0) is 11.3 Å². The molecule has 0 saturated carbocycles. The summed E-state index contributed by atoms with van der Waals surface area (Å²) in [5.41, 5.74) is 1.12. The lowest BCUT2D eigenvalue weighted by atomic mass is 10.1. The molecular weight excluding hydrogens is 282 g/mol. The second-order valence-corrected chi connectivity index (χ2v) is 5.13. The second-order valence-electron chi connectivity index (χ2n) is 4.72. The Hall–Kier alpha value is -1.56. The van der Waals surface area contributed by atoms with Crippen molar-refractivity contribution in [3.8, 4) is 0 Å². The van der Waals surface area contributed by atoms with Crippen LogP contribution in [0, 0.1) is 0 Å². The zero-order valence-electron chi connectivity index (χ0n) is 10.8. The van der Waals surface area contributed by atoms with Gasteiger partial charge in [-0.15, -0.1) is 0 Å². The molecule has 3 rings (SSSR count). The number of aromatic carboxylic acids is 1. The van der Waals surface area contributed by atoms with Gasteiger partial charge in [0.15, 0.2) is 5.58 Å². The number of rotatable bonds is 3. The van der Waals surface area contributed by atoms with Crippen molar-refractivity contribution < 1.29 is 19.1 Å². The van der Waals surface area contributed by atoms with Crippen molar-refractivity contribution in [1.29, 1.82) is 0 Å². The highest BCUT2D eigenvalue weighted by Crippen LogP contribution is 2.32. The number of furan rings is 1. The fourth-order valence-corrected chi connectivity index (χ4v) is 2.66. The highest BCUT2D eigenvalue weighted by Gasteiger charge is 2.23. The van der Waals surface area contributed by atoms with Gasteiger partial charge < -0.3 is 14.3 Å². The van der Waals surface area contributed by atoms with E-state index in [0.29, 0.717) is 35.9 Å². The Morgan fingerprint density at radius 3 is 2.80 bits per heavy atom. The van der Waals surface area contributed by atoms with E-state index in [2.05, 4.69) is 4.90 Å². The van der Waals surface area contributed by atoms with Gasteiger partial charge in [0.05, 0.1) is 18.2 Å². The number of carboxylic acids is 1. The number of ether oxygens (including phenoxy) is 1. The van der Waals surface area contributed by atoms with Crippen LogP contribution < -0.4 is 0 Å². The number of nitrogens with zero attached hydrogens (tertiary/aromatic N) is 1. The molecule has 0 spiro atoms. The van der Waals surface area contributed by atoms with E-state index >= 15 is 0 Å². The maximum Gasteiger partial charge on any atom is 0.372 e. The molecule has 0 unspecified atom stereocenters. The van der Waals surface area contributed by atoms with Crippen LogP contribution >= 0.6 is 11.6 Å². The lowest BCUT2D eigenvalue weighted by Crippen LogP contribution is -2.35. The number of carbonyl (C=O) groups is 1. The number of hydrogen-bond acceptors (Lipinski definition) is 4. The average molecular weight is 296 g/mol. The molecule has 0 aliphatic carbocycles. The molecule has 2 heterocycles. The molecule has 0 amide bonds. The molecular formula is C14H14ClNO4. The smallest absolute Gasteiger partial charge is 0.372 e. The minimum atomic E-state index is -1.07. The summed E-state index contributed by atoms with van der Waals surface area (Å²) in [7, 11) is 0. The number of hydrogen-bond donors (Lipinski definition) is 1. The summed E-state index contributed by atoms with van der Waals surface area (Å²) in [5.74, 6) is -1.10. The Morgan fingerprint density at radius 1 is 1.35 bits per heavy atom. The van der Waals surface area contributed by atoms with Crippen LogP contribution in [0.15, 0.2) is 22.6 Å². The van der Waals surface area contributed by atoms with Crippen LogP contribution in [-0.4, -0.2) is 42.3 Å². The van der Waals surface area contributed by atoms with Gasteiger partial charge in [0.25, 0.3) is 0 Å². The number of morpholine rings is 1. The molecule has 1 aliphatic rings. The van der Waals surface area contributed by atoms with Crippen LogP contribution in [0.25, 0.3) is 11.0 Å². The first kappa shape index (κ1) is 13.4. The van der Waals surface area contributed by atoms with Crippen LogP contribution in [0.3, 0.4) is 0 Å². The van der Waals surface area contributed by atoms with E-state index in [4.69, 9.17) is 20.8 Å². The largest absolute Gasteiger partial charge is 0.475 e. The quantitative estimate of drug-likeness (QED) is 0.943. The number of benzene rings is 1. The zero-order valence-corrected chi connectivity index (χ0v) is 11.5. The van der Waals surface area contributed by atoms with Crippen molar-refractivity contribution in [3.63, 3.8) is 0 Å². The summed E-state index contributed by atoms with van der Waals surface area (Å²) in [4.78, 5) is 13.5. The summed E-state index contributed by atoms with van der Waals surface area (Å²) in [5, 5.41) is 10.5. The predicted molar refractivity (Wildman–Crippen MR) is 74.3 cm³/mol. The third kappa shape index (κ3) is 2.40. The van der Waals surface area contributed by atoms with Crippen molar-refractivity contribution in [3.05, 3.63) is 34.5 Å². The number of fused-ring (bicyclic) bond motifs is 1. The van der Waals surface area contributed by atoms with Crippen molar-refractivity contribution >= 4 is 28.5 Å². The van der Waals surface area contributed by atoms with Gasteiger partial charge in [0.2, 0.25) is 5.76 Å². The van der Waals surface area contributed by atoms with Crippen molar-refractivity contribution in [1.82, 2.24) is 4.90 Å². The van der Waals surface area contributed by atoms with Gasteiger partial charge in [0.1, 0.15) is 0 Å². The summed E-state index contributed by atoms with van der Waals surface area (Å²) in [6.45, 7) is 3.43. The molecule has 106 valence electrons. The van der Waals surface area contributed by atoms with E-state index in [1.54, 1.807) is 12.1 Å². The topological polar surface area (TPSA) is 62.9 Å². The van der Waals surface area contributed by atoms with Gasteiger partial charge in [-0.25, -0.2) is 4.79 Å². The molecule has 20 heavy (non-hydrogen) atoms. The SMILES string of the molecule is O=C(O)c1oc2c(Cl)cccc2c1CN1CCOCC1. The highest BCUT2D eigenvalue weighted by atomic mass is 35.5. The van der Waals surface area contributed by atoms with Crippen LogP contribution in [0.1, 0.15) is 16.1 Å². The minimum absolute atomic E-state index is 0.0282. The summed E-state index contributed by atoms with van der Waals surface area (Å²) in [6, 6.07) is 5.33. The minimum Gasteiger partial charge on any atom is -0.475 e. The van der Waals surface area contributed by atoms with Crippen LogP contribution in [0.4, 0.5) is 0 Å². The molecule has 6 heteroatoms. The van der Waals surface area contributed by atoms with Crippen molar-refractivity contribution in [2.75, 3.05) is 26.3 Å². The molecule has 1 saturated heterocycles. The third-order valence-corrected chi connectivity index (χ3v) is 3.75. The molecule has 5 nitrogen and oxygen atoms in total. The van der Waals surface area contributed by atoms with E-state index in [0.717, 1.165) is 18.5 Å². The Bertz CT molecular complexity index is 646. The van der Waals surface area contributed by atoms with Gasteiger partial charge in [-0.1, -0.05) is 23.7 Å². The van der Waals surface area contributed by atoms with Gasteiger partial charge in [0, 0.05) is 30.6 Å². The summed E-state index contributed by atoms with van der Waals surface area (Å²) in [6.07, 6.45) is 0.